The van der Waals surface area contributed by atoms with Crippen molar-refractivity contribution in [3.8, 4) is 0 Å². The van der Waals surface area contributed by atoms with Gasteiger partial charge in [-0.25, -0.2) is 0 Å². The number of nitrogens with zero attached hydrogens (tertiary/aromatic N) is 1. The standard InChI is InChI=1S/C21H27ClNS.Y/c1-15-6-7-16(2)18(14-15)8-10-19-17(9-11-20(19)22)4-3-5-21-23-12-13-24-21;/h6-7,12,14,17,19-20H,3-5,8-11H2,1-2H3;/q-1;/t17-,19+,20?;/m0./s1. The molecule has 0 amide bonds. The first kappa shape index (κ1) is 21.5. The molecule has 1 unspecified atom stereocenters. The van der Waals surface area contributed by atoms with Gasteiger partial charge in [0.1, 0.15) is 0 Å². The molecular formula is C21H27ClNSY-. The number of aromatic nitrogens is 1. The number of thiazole rings is 1. The van der Waals surface area contributed by atoms with E-state index in [0.29, 0.717) is 11.3 Å². The molecule has 1 aromatic heterocycles. The van der Waals surface area contributed by atoms with Crippen LogP contribution in [0.2, 0.25) is 0 Å². The van der Waals surface area contributed by atoms with Gasteiger partial charge in [0, 0.05) is 38.1 Å². The van der Waals surface area contributed by atoms with E-state index in [0.717, 1.165) is 12.3 Å². The molecule has 1 aromatic carbocycles. The first-order valence-corrected chi connectivity index (χ1v) is 10.4. The van der Waals surface area contributed by atoms with Crippen molar-refractivity contribution >= 4 is 22.9 Å². The van der Waals surface area contributed by atoms with E-state index in [1.165, 1.54) is 60.2 Å². The molecule has 1 radical (unpaired) electrons. The molecule has 0 bridgehead atoms. The van der Waals surface area contributed by atoms with Crippen molar-refractivity contribution in [3.05, 3.63) is 51.5 Å². The molecule has 1 aliphatic rings. The SMILES string of the molecule is Cc1ccc(C)c(CC[C@H]2C(Cl)CC[C@@H]2CCCc2nc[c-]s2)c1.[Y]. The van der Waals surface area contributed by atoms with Crippen LogP contribution in [0.4, 0.5) is 0 Å². The van der Waals surface area contributed by atoms with Gasteiger partial charge in [0.25, 0.3) is 0 Å². The van der Waals surface area contributed by atoms with E-state index in [1.54, 1.807) is 17.5 Å². The minimum absolute atomic E-state index is 0. The number of hydrogen-bond acceptors (Lipinski definition) is 2. The van der Waals surface area contributed by atoms with Crippen LogP contribution in [0.3, 0.4) is 0 Å². The Morgan fingerprint density at radius 2 is 2.04 bits per heavy atom. The minimum Gasteiger partial charge on any atom is -0.364 e. The van der Waals surface area contributed by atoms with Gasteiger partial charge in [0.15, 0.2) is 0 Å². The van der Waals surface area contributed by atoms with Crippen LogP contribution in [0.25, 0.3) is 0 Å². The van der Waals surface area contributed by atoms with E-state index in [2.05, 4.69) is 42.4 Å². The Labute approximate surface area is 186 Å². The van der Waals surface area contributed by atoms with Crippen molar-refractivity contribution in [2.45, 2.75) is 64.2 Å². The number of aryl methyl sites for hydroxylation is 4. The maximum Gasteiger partial charge on any atom is 0.0367 e. The molecule has 133 valence electrons. The minimum atomic E-state index is 0. The maximum absolute atomic E-state index is 6.67. The Morgan fingerprint density at radius 3 is 2.80 bits per heavy atom. The topological polar surface area (TPSA) is 12.9 Å². The van der Waals surface area contributed by atoms with E-state index < -0.39 is 0 Å². The van der Waals surface area contributed by atoms with E-state index in [9.17, 15) is 0 Å². The van der Waals surface area contributed by atoms with Crippen molar-refractivity contribution in [1.29, 1.82) is 0 Å². The summed E-state index contributed by atoms with van der Waals surface area (Å²) in [6, 6.07) is 6.80. The molecule has 25 heavy (non-hydrogen) atoms. The second kappa shape index (κ2) is 10.5. The summed E-state index contributed by atoms with van der Waals surface area (Å²) < 4.78 is 0. The fourth-order valence-corrected chi connectivity index (χ4v) is 5.16. The molecular weight excluding hydrogens is 423 g/mol. The summed E-state index contributed by atoms with van der Waals surface area (Å²) in [5.74, 6) is 1.47. The Morgan fingerprint density at radius 1 is 1.20 bits per heavy atom. The number of halogens is 1. The molecule has 0 N–H and O–H groups in total. The van der Waals surface area contributed by atoms with Gasteiger partial charge in [-0.2, -0.15) is 5.38 Å². The summed E-state index contributed by atoms with van der Waals surface area (Å²) in [4.78, 5) is 4.35. The summed E-state index contributed by atoms with van der Waals surface area (Å²) in [6.45, 7) is 4.41. The smallest absolute Gasteiger partial charge is 0.0367 e. The van der Waals surface area contributed by atoms with E-state index in [1.807, 2.05) is 0 Å². The van der Waals surface area contributed by atoms with E-state index >= 15 is 0 Å². The van der Waals surface area contributed by atoms with Crippen LogP contribution in [-0.4, -0.2) is 10.4 Å². The third kappa shape index (κ3) is 6.13. The molecule has 3 atom stereocenters. The van der Waals surface area contributed by atoms with Crippen LogP contribution in [0.15, 0.2) is 24.4 Å². The normalized spacial score (nSPS) is 22.8. The van der Waals surface area contributed by atoms with Crippen molar-refractivity contribution < 1.29 is 32.7 Å². The molecule has 0 aliphatic heterocycles. The van der Waals surface area contributed by atoms with Gasteiger partial charge in [-0.15, -0.1) is 11.6 Å². The van der Waals surface area contributed by atoms with E-state index in [4.69, 9.17) is 11.6 Å². The zero-order valence-electron chi connectivity index (χ0n) is 15.3. The third-order valence-corrected chi connectivity index (χ3v) is 6.85. The van der Waals surface area contributed by atoms with Crippen LogP contribution >= 0.6 is 22.9 Å². The Bertz CT molecular complexity index is 643. The monoisotopic (exact) mass is 449 g/mol. The number of benzene rings is 1. The van der Waals surface area contributed by atoms with Crippen molar-refractivity contribution in [1.82, 2.24) is 4.98 Å². The summed E-state index contributed by atoms with van der Waals surface area (Å²) in [5, 5.41) is 4.67. The van der Waals surface area contributed by atoms with Gasteiger partial charge < -0.3 is 16.3 Å². The number of hydrogen-bond donors (Lipinski definition) is 0. The van der Waals surface area contributed by atoms with Crippen molar-refractivity contribution in [3.63, 3.8) is 0 Å². The Kier molecular flexibility index (Phi) is 9.09. The number of rotatable bonds is 7. The maximum atomic E-state index is 6.67. The molecule has 2 aromatic rings. The van der Waals surface area contributed by atoms with Crippen LogP contribution in [0, 0.1) is 31.1 Å². The van der Waals surface area contributed by atoms with Crippen LogP contribution in [-0.2, 0) is 45.6 Å². The predicted molar refractivity (Wildman–Crippen MR) is 104 cm³/mol. The molecule has 3 rings (SSSR count). The van der Waals surface area contributed by atoms with Crippen LogP contribution in [0.1, 0.15) is 53.8 Å². The summed E-state index contributed by atoms with van der Waals surface area (Å²) in [6.07, 6.45) is 10.3. The molecule has 1 nitrogen and oxygen atoms in total. The summed E-state index contributed by atoms with van der Waals surface area (Å²) in [5.41, 5.74) is 4.28. The van der Waals surface area contributed by atoms with Gasteiger partial charge in [0.05, 0.1) is 0 Å². The zero-order chi connectivity index (χ0) is 16.9. The molecule has 1 heterocycles. The van der Waals surface area contributed by atoms with Gasteiger partial charge in [0.2, 0.25) is 0 Å². The molecule has 0 spiro atoms. The molecule has 0 saturated heterocycles. The fraction of sp³-hybridized carbons (Fsp3) is 0.571. The predicted octanol–water partition coefficient (Wildman–Crippen LogP) is 6.15. The molecule has 1 saturated carbocycles. The average Bonchev–Trinajstić information content (AvgIpc) is 3.19. The first-order valence-electron chi connectivity index (χ1n) is 9.14. The first-order chi connectivity index (χ1) is 11.6. The average molecular weight is 450 g/mol. The van der Waals surface area contributed by atoms with E-state index in [-0.39, 0.29) is 32.7 Å². The summed E-state index contributed by atoms with van der Waals surface area (Å²) >= 11 is 8.33. The second-order valence-corrected chi connectivity index (χ2v) is 8.72. The zero-order valence-corrected chi connectivity index (χ0v) is 19.7. The van der Waals surface area contributed by atoms with Gasteiger partial charge in [-0.3, -0.25) is 0 Å². The van der Waals surface area contributed by atoms with Crippen molar-refractivity contribution in [2.24, 2.45) is 11.8 Å². The quantitative estimate of drug-likeness (QED) is 0.365. The van der Waals surface area contributed by atoms with Gasteiger partial charge >= 0.3 is 0 Å². The summed E-state index contributed by atoms with van der Waals surface area (Å²) in [7, 11) is 0. The second-order valence-electron chi connectivity index (χ2n) is 7.25. The third-order valence-electron chi connectivity index (χ3n) is 5.54. The number of alkyl halides is 1. The molecule has 4 heteroatoms. The van der Waals surface area contributed by atoms with Gasteiger partial charge in [-0.05, 0) is 62.5 Å². The van der Waals surface area contributed by atoms with Gasteiger partial charge in [-0.1, -0.05) is 54.2 Å². The van der Waals surface area contributed by atoms with Crippen molar-refractivity contribution in [2.75, 3.05) is 0 Å². The van der Waals surface area contributed by atoms with Crippen LogP contribution < -0.4 is 0 Å². The molecule has 1 aliphatic carbocycles. The fourth-order valence-electron chi connectivity index (χ4n) is 4.11. The Balaban J connectivity index is 0.00000225. The largest absolute Gasteiger partial charge is 0.364 e. The molecule has 1 fully saturated rings. The van der Waals surface area contributed by atoms with Crippen LogP contribution in [0.5, 0.6) is 0 Å². The Hall–Kier alpha value is 0.244.